The molecular formula is C18H16BrNO6. The number of hydrogen-bond donors (Lipinski definition) is 1. The average Bonchev–Trinajstić information content (AvgIpc) is 2.66. The second kappa shape index (κ2) is 9.00. The molecule has 8 heteroatoms. The number of carbonyl (C=O) groups is 3. The van der Waals surface area contributed by atoms with Crippen LogP contribution in [0.1, 0.15) is 20.7 Å². The Kier molecular flexibility index (Phi) is 6.74. The quantitative estimate of drug-likeness (QED) is 0.720. The lowest BCUT2D eigenvalue weighted by atomic mass is 10.1. The van der Waals surface area contributed by atoms with Crippen molar-refractivity contribution in [3.8, 4) is 5.75 Å². The van der Waals surface area contributed by atoms with E-state index in [1.165, 1.54) is 32.4 Å². The van der Waals surface area contributed by atoms with Crippen molar-refractivity contribution in [3.05, 3.63) is 58.1 Å². The van der Waals surface area contributed by atoms with Crippen molar-refractivity contribution < 1.29 is 28.6 Å². The van der Waals surface area contributed by atoms with Crippen LogP contribution in [0.3, 0.4) is 0 Å². The van der Waals surface area contributed by atoms with Crippen LogP contribution in [0.5, 0.6) is 5.75 Å². The highest BCUT2D eigenvalue weighted by Gasteiger charge is 2.17. The summed E-state index contributed by atoms with van der Waals surface area (Å²) in [6, 6.07) is 11.1. The lowest BCUT2D eigenvalue weighted by molar-refractivity contribution is -0.118. The standard InChI is InChI=1S/C18H16BrNO6/c1-24-17(22)11-3-8-14(18(23)25-2)15(9-11)20-16(21)10-26-13-6-4-12(19)5-7-13/h3-9H,10H2,1-2H3,(H,20,21). The molecule has 0 saturated carbocycles. The maximum Gasteiger partial charge on any atom is 0.339 e. The first-order valence-electron chi connectivity index (χ1n) is 7.43. The molecule has 0 radical (unpaired) electrons. The highest BCUT2D eigenvalue weighted by molar-refractivity contribution is 9.10. The third-order valence-corrected chi connectivity index (χ3v) is 3.83. The van der Waals surface area contributed by atoms with Crippen LogP contribution < -0.4 is 10.1 Å². The summed E-state index contributed by atoms with van der Waals surface area (Å²) in [5.74, 6) is -1.23. The highest BCUT2D eigenvalue weighted by Crippen LogP contribution is 2.20. The third kappa shape index (κ3) is 5.06. The molecule has 0 aliphatic carbocycles. The van der Waals surface area contributed by atoms with Crippen LogP contribution >= 0.6 is 15.9 Å². The molecule has 26 heavy (non-hydrogen) atoms. The van der Waals surface area contributed by atoms with Gasteiger partial charge in [0.25, 0.3) is 5.91 Å². The molecule has 0 atom stereocenters. The van der Waals surface area contributed by atoms with Gasteiger partial charge in [0, 0.05) is 4.47 Å². The van der Waals surface area contributed by atoms with E-state index in [0.29, 0.717) is 5.75 Å². The number of amides is 1. The summed E-state index contributed by atoms with van der Waals surface area (Å²) >= 11 is 3.31. The molecular weight excluding hydrogens is 406 g/mol. The molecule has 2 aromatic rings. The van der Waals surface area contributed by atoms with Gasteiger partial charge in [-0.05, 0) is 42.5 Å². The van der Waals surface area contributed by atoms with Crippen molar-refractivity contribution in [2.24, 2.45) is 0 Å². The van der Waals surface area contributed by atoms with Gasteiger partial charge in [0.05, 0.1) is 31.0 Å². The van der Waals surface area contributed by atoms with Gasteiger partial charge in [0.15, 0.2) is 6.61 Å². The number of carbonyl (C=O) groups excluding carboxylic acids is 3. The molecule has 136 valence electrons. The van der Waals surface area contributed by atoms with Crippen molar-refractivity contribution in [1.29, 1.82) is 0 Å². The molecule has 0 heterocycles. The topological polar surface area (TPSA) is 90.9 Å². The predicted molar refractivity (Wildman–Crippen MR) is 97.4 cm³/mol. The number of anilines is 1. The zero-order valence-corrected chi connectivity index (χ0v) is 15.7. The number of benzene rings is 2. The van der Waals surface area contributed by atoms with Crippen LogP contribution in [0.4, 0.5) is 5.69 Å². The molecule has 0 aromatic heterocycles. The van der Waals surface area contributed by atoms with Crippen molar-refractivity contribution >= 4 is 39.5 Å². The summed E-state index contributed by atoms with van der Waals surface area (Å²) < 4.78 is 15.6. The van der Waals surface area contributed by atoms with Gasteiger partial charge in [-0.1, -0.05) is 15.9 Å². The Bertz CT molecular complexity index is 819. The summed E-state index contributed by atoms with van der Waals surface area (Å²) in [6.45, 7) is -0.273. The van der Waals surface area contributed by atoms with E-state index in [9.17, 15) is 14.4 Å². The Labute approximate surface area is 158 Å². The van der Waals surface area contributed by atoms with Crippen LogP contribution in [0.15, 0.2) is 46.9 Å². The third-order valence-electron chi connectivity index (χ3n) is 3.30. The fourth-order valence-electron chi connectivity index (χ4n) is 2.05. The molecule has 2 rings (SSSR count). The second-order valence-electron chi connectivity index (χ2n) is 5.03. The predicted octanol–water partition coefficient (Wildman–Crippen LogP) is 3.04. The number of esters is 2. The molecule has 0 aliphatic heterocycles. The molecule has 0 aliphatic rings. The summed E-state index contributed by atoms with van der Waals surface area (Å²) in [4.78, 5) is 35.7. The van der Waals surface area contributed by atoms with Gasteiger partial charge in [-0.15, -0.1) is 0 Å². The first-order valence-corrected chi connectivity index (χ1v) is 8.22. The minimum Gasteiger partial charge on any atom is -0.484 e. The Balaban J connectivity index is 2.14. The van der Waals surface area contributed by atoms with E-state index in [-0.39, 0.29) is 23.4 Å². The molecule has 1 amide bonds. The summed E-state index contributed by atoms with van der Waals surface area (Å²) in [5.41, 5.74) is 0.422. The Morgan fingerprint density at radius 1 is 0.962 bits per heavy atom. The lowest BCUT2D eigenvalue weighted by Gasteiger charge is -2.12. The van der Waals surface area contributed by atoms with Crippen molar-refractivity contribution in [3.63, 3.8) is 0 Å². The van der Waals surface area contributed by atoms with E-state index < -0.39 is 17.8 Å². The van der Waals surface area contributed by atoms with E-state index in [4.69, 9.17) is 4.74 Å². The number of rotatable bonds is 6. The van der Waals surface area contributed by atoms with Crippen LogP contribution in [0.25, 0.3) is 0 Å². The molecule has 2 aromatic carbocycles. The first kappa shape index (κ1) is 19.5. The van der Waals surface area contributed by atoms with E-state index in [1.54, 1.807) is 24.3 Å². The van der Waals surface area contributed by atoms with E-state index >= 15 is 0 Å². The number of nitrogens with one attached hydrogen (secondary N) is 1. The van der Waals surface area contributed by atoms with Crippen LogP contribution in [0.2, 0.25) is 0 Å². The van der Waals surface area contributed by atoms with Crippen molar-refractivity contribution in [2.45, 2.75) is 0 Å². The minimum absolute atomic E-state index is 0.108. The minimum atomic E-state index is -0.648. The van der Waals surface area contributed by atoms with E-state index in [1.807, 2.05) is 0 Å². The summed E-state index contributed by atoms with van der Waals surface area (Å²) in [5, 5.41) is 2.54. The maximum atomic E-state index is 12.2. The number of ether oxygens (including phenoxy) is 3. The molecule has 0 unspecified atom stereocenters. The fourth-order valence-corrected chi connectivity index (χ4v) is 2.31. The first-order chi connectivity index (χ1) is 12.4. The van der Waals surface area contributed by atoms with Crippen LogP contribution in [0, 0.1) is 0 Å². The monoisotopic (exact) mass is 421 g/mol. The zero-order valence-electron chi connectivity index (χ0n) is 14.1. The smallest absolute Gasteiger partial charge is 0.339 e. The van der Waals surface area contributed by atoms with Crippen molar-refractivity contribution in [1.82, 2.24) is 0 Å². The second-order valence-corrected chi connectivity index (χ2v) is 5.95. The van der Waals surface area contributed by atoms with Gasteiger partial charge in [0.1, 0.15) is 5.75 Å². The zero-order chi connectivity index (χ0) is 19.1. The van der Waals surface area contributed by atoms with Gasteiger partial charge < -0.3 is 19.5 Å². The largest absolute Gasteiger partial charge is 0.484 e. The summed E-state index contributed by atoms with van der Waals surface area (Å²) in [6.07, 6.45) is 0. The number of halogens is 1. The van der Waals surface area contributed by atoms with Gasteiger partial charge in [-0.25, -0.2) is 9.59 Å². The van der Waals surface area contributed by atoms with Crippen LogP contribution in [-0.2, 0) is 14.3 Å². The maximum absolute atomic E-state index is 12.2. The molecule has 0 spiro atoms. The van der Waals surface area contributed by atoms with Gasteiger partial charge in [0.2, 0.25) is 0 Å². The van der Waals surface area contributed by atoms with Gasteiger partial charge in [-0.2, -0.15) is 0 Å². The van der Waals surface area contributed by atoms with E-state index in [0.717, 1.165) is 4.47 Å². The summed E-state index contributed by atoms with van der Waals surface area (Å²) in [7, 11) is 2.46. The lowest BCUT2D eigenvalue weighted by Crippen LogP contribution is -2.22. The van der Waals surface area contributed by atoms with Gasteiger partial charge >= 0.3 is 11.9 Å². The van der Waals surface area contributed by atoms with E-state index in [2.05, 4.69) is 30.7 Å². The number of methoxy groups -OCH3 is 2. The fraction of sp³-hybridized carbons (Fsp3) is 0.167. The Morgan fingerprint density at radius 3 is 2.23 bits per heavy atom. The van der Waals surface area contributed by atoms with Crippen LogP contribution in [-0.4, -0.2) is 38.7 Å². The number of hydrogen-bond acceptors (Lipinski definition) is 6. The Morgan fingerprint density at radius 2 is 1.62 bits per heavy atom. The highest BCUT2D eigenvalue weighted by atomic mass is 79.9. The molecule has 0 bridgehead atoms. The van der Waals surface area contributed by atoms with Gasteiger partial charge in [-0.3, -0.25) is 4.79 Å². The molecule has 0 fully saturated rings. The molecule has 7 nitrogen and oxygen atoms in total. The Hall–Kier alpha value is -2.87. The SMILES string of the molecule is COC(=O)c1ccc(C(=O)OC)c(NC(=O)COc2ccc(Br)cc2)c1. The molecule has 1 N–H and O–H groups in total. The van der Waals surface area contributed by atoms with Crippen molar-refractivity contribution in [2.75, 3.05) is 26.1 Å². The average molecular weight is 422 g/mol. The molecule has 0 saturated heterocycles. The normalized spacial score (nSPS) is 9.96.